The molecule has 4 nitrogen and oxygen atoms in total. The number of nitrogens with zero attached hydrogens (tertiary/aromatic N) is 1. The Morgan fingerprint density at radius 3 is 2.56 bits per heavy atom. The Morgan fingerprint density at radius 1 is 1.04 bits per heavy atom. The number of halogens is 2. The van der Waals surface area contributed by atoms with Crippen molar-refractivity contribution in [1.29, 1.82) is 0 Å². The number of urea groups is 1. The van der Waals surface area contributed by atoms with Crippen molar-refractivity contribution < 1.29 is 4.79 Å². The maximum Gasteiger partial charge on any atom is 0.315 e. The Kier molecular flexibility index (Phi) is 5.91. The van der Waals surface area contributed by atoms with E-state index in [1.165, 1.54) is 11.3 Å². The Hall–Kier alpha value is -2.08. The van der Waals surface area contributed by atoms with Gasteiger partial charge in [0.05, 0.1) is 12.2 Å². The highest BCUT2D eigenvalue weighted by molar-refractivity contribution is 7.09. The van der Waals surface area contributed by atoms with E-state index in [9.17, 15) is 4.79 Å². The summed E-state index contributed by atoms with van der Waals surface area (Å²) < 4.78 is 0. The number of rotatable bonds is 5. The Labute approximate surface area is 159 Å². The number of carbonyl (C=O) groups excluding carboxylic acids is 1. The summed E-state index contributed by atoms with van der Waals surface area (Å²) in [6, 6.07) is 14.8. The molecule has 0 unspecified atom stereocenters. The zero-order chi connectivity index (χ0) is 17.6. The van der Waals surface area contributed by atoms with E-state index in [1.54, 1.807) is 18.2 Å². The number of amides is 2. The molecular formula is C18H15Cl2N3OS. The first kappa shape index (κ1) is 17.7. The van der Waals surface area contributed by atoms with Gasteiger partial charge >= 0.3 is 6.03 Å². The summed E-state index contributed by atoms with van der Waals surface area (Å²) in [4.78, 5) is 16.5. The van der Waals surface area contributed by atoms with Crippen LogP contribution in [0.5, 0.6) is 0 Å². The first-order valence-electron chi connectivity index (χ1n) is 7.57. The SMILES string of the molecule is O=C(NCc1nc(-c2ccccc2)cs1)NCc1ccc(Cl)cc1Cl. The zero-order valence-corrected chi connectivity index (χ0v) is 15.5. The van der Waals surface area contributed by atoms with Gasteiger partial charge in [-0.25, -0.2) is 9.78 Å². The van der Waals surface area contributed by atoms with E-state index in [0.29, 0.717) is 23.1 Å². The smallest absolute Gasteiger partial charge is 0.315 e. The molecule has 3 aromatic rings. The van der Waals surface area contributed by atoms with Gasteiger partial charge in [0, 0.05) is 27.5 Å². The third-order valence-corrected chi connectivity index (χ3v) is 4.91. The molecule has 128 valence electrons. The quantitative estimate of drug-likeness (QED) is 0.634. The van der Waals surface area contributed by atoms with Crippen molar-refractivity contribution in [1.82, 2.24) is 15.6 Å². The van der Waals surface area contributed by atoms with Crippen molar-refractivity contribution in [2.45, 2.75) is 13.1 Å². The molecule has 0 bridgehead atoms. The molecule has 2 N–H and O–H groups in total. The first-order valence-corrected chi connectivity index (χ1v) is 9.21. The molecule has 0 fully saturated rings. The van der Waals surface area contributed by atoms with Gasteiger partial charge in [-0.2, -0.15) is 0 Å². The molecule has 0 aliphatic carbocycles. The molecule has 0 aliphatic heterocycles. The van der Waals surface area contributed by atoms with Gasteiger partial charge in [0.1, 0.15) is 5.01 Å². The highest BCUT2D eigenvalue weighted by Crippen LogP contribution is 2.22. The second-order valence-corrected chi connectivity index (χ2v) is 7.05. The maximum atomic E-state index is 11.9. The lowest BCUT2D eigenvalue weighted by Gasteiger charge is -2.08. The fraction of sp³-hybridized carbons (Fsp3) is 0.111. The van der Waals surface area contributed by atoms with Crippen LogP contribution in [0.15, 0.2) is 53.9 Å². The standard InChI is InChI=1S/C18H15Cl2N3OS/c19-14-7-6-13(15(20)8-14)9-21-18(24)22-10-17-23-16(11-25-17)12-4-2-1-3-5-12/h1-8,11H,9-10H2,(H2,21,22,24). The molecule has 2 aromatic carbocycles. The van der Waals surface area contributed by atoms with Crippen LogP contribution in [-0.2, 0) is 13.1 Å². The van der Waals surface area contributed by atoms with Crippen LogP contribution in [-0.4, -0.2) is 11.0 Å². The van der Waals surface area contributed by atoms with Crippen LogP contribution in [0.2, 0.25) is 10.0 Å². The first-order chi connectivity index (χ1) is 12.1. The van der Waals surface area contributed by atoms with Gasteiger partial charge in [0.25, 0.3) is 0 Å². The fourth-order valence-corrected chi connectivity index (χ4v) is 3.41. The monoisotopic (exact) mass is 391 g/mol. The molecule has 1 heterocycles. The van der Waals surface area contributed by atoms with Crippen LogP contribution in [0.1, 0.15) is 10.6 Å². The van der Waals surface area contributed by atoms with Gasteiger partial charge < -0.3 is 10.6 Å². The molecule has 0 spiro atoms. The van der Waals surface area contributed by atoms with Crippen molar-refractivity contribution in [3.8, 4) is 11.3 Å². The van der Waals surface area contributed by atoms with Crippen LogP contribution in [0.3, 0.4) is 0 Å². The number of hydrogen-bond donors (Lipinski definition) is 2. The average Bonchev–Trinajstić information content (AvgIpc) is 3.09. The Balaban J connectivity index is 1.50. The minimum absolute atomic E-state index is 0.275. The van der Waals surface area contributed by atoms with Crippen LogP contribution in [0.25, 0.3) is 11.3 Å². The summed E-state index contributed by atoms with van der Waals surface area (Å²) in [5.41, 5.74) is 2.78. The van der Waals surface area contributed by atoms with Crippen LogP contribution >= 0.6 is 34.5 Å². The summed E-state index contributed by atoms with van der Waals surface area (Å²) in [7, 11) is 0. The Bertz CT molecular complexity index is 868. The van der Waals surface area contributed by atoms with Crippen molar-refractivity contribution in [2.75, 3.05) is 0 Å². The zero-order valence-electron chi connectivity index (χ0n) is 13.1. The van der Waals surface area contributed by atoms with E-state index in [1.807, 2.05) is 35.7 Å². The van der Waals surface area contributed by atoms with Crippen molar-refractivity contribution in [3.63, 3.8) is 0 Å². The molecule has 7 heteroatoms. The lowest BCUT2D eigenvalue weighted by molar-refractivity contribution is 0.240. The fourth-order valence-electron chi connectivity index (χ4n) is 2.19. The predicted octanol–water partition coefficient (Wildman–Crippen LogP) is 5.12. The third-order valence-electron chi connectivity index (χ3n) is 3.48. The van der Waals surface area contributed by atoms with Crippen molar-refractivity contribution in [2.24, 2.45) is 0 Å². The number of hydrogen-bond acceptors (Lipinski definition) is 3. The lowest BCUT2D eigenvalue weighted by Crippen LogP contribution is -2.34. The number of benzene rings is 2. The van der Waals surface area contributed by atoms with Gasteiger partial charge in [-0.1, -0.05) is 59.6 Å². The van der Waals surface area contributed by atoms with E-state index in [0.717, 1.165) is 21.8 Å². The Morgan fingerprint density at radius 2 is 1.80 bits per heavy atom. The maximum absolute atomic E-state index is 11.9. The molecule has 0 aliphatic rings. The number of nitrogens with one attached hydrogen (secondary N) is 2. The van der Waals surface area contributed by atoms with Gasteiger partial charge in [-0.15, -0.1) is 11.3 Å². The highest BCUT2D eigenvalue weighted by atomic mass is 35.5. The van der Waals surface area contributed by atoms with Crippen LogP contribution in [0, 0.1) is 0 Å². The van der Waals surface area contributed by atoms with Gasteiger partial charge in [-0.05, 0) is 17.7 Å². The molecule has 2 amide bonds. The molecule has 3 rings (SSSR count). The van der Waals surface area contributed by atoms with E-state index in [4.69, 9.17) is 23.2 Å². The van der Waals surface area contributed by atoms with Gasteiger partial charge in [0.15, 0.2) is 0 Å². The van der Waals surface area contributed by atoms with E-state index in [-0.39, 0.29) is 6.03 Å². The van der Waals surface area contributed by atoms with Crippen molar-refractivity contribution in [3.05, 3.63) is 74.5 Å². The number of carbonyl (C=O) groups is 1. The molecule has 0 radical (unpaired) electrons. The summed E-state index contributed by atoms with van der Waals surface area (Å²) >= 11 is 13.5. The van der Waals surface area contributed by atoms with Crippen molar-refractivity contribution >= 4 is 40.6 Å². The summed E-state index contributed by atoms with van der Waals surface area (Å²) in [5.74, 6) is 0. The van der Waals surface area contributed by atoms with E-state index < -0.39 is 0 Å². The van der Waals surface area contributed by atoms with Gasteiger partial charge in [0.2, 0.25) is 0 Å². The predicted molar refractivity (Wildman–Crippen MR) is 103 cm³/mol. The summed E-state index contributed by atoms with van der Waals surface area (Å²) in [6.45, 7) is 0.701. The number of aromatic nitrogens is 1. The normalized spacial score (nSPS) is 10.5. The molecule has 1 aromatic heterocycles. The average molecular weight is 392 g/mol. The second kappa shape index (κ2) is 8.34. The molecule has 25 heavy (non-hydrogen) atoms. The van der Waals surface area contributed by atoms with E-state index in [2.05, 4.69) is 15.6 Å². The molecule has 0 atom stereocenters. The molecular weight excluding hydrogens is 377 g/mol. The highest BCUT2D eigenvalue weighted by Gasteiger charge is 2.07. The largest absolute Gasteiger partial charge is 0.334 e. The van der Waals surface area contributed by atoms with Gasteiger partial charge in [-0.3, -0.25) is 0 Å². The molecule has 0 saturated carbocycles. The second-order valence-electron chi connectivity index (χ2n) is 5.26. The summed E-state index contributed by atoms with van der Waals surface area (Å²) in [6.07, 6.45) is 0. The minimum Gasteiger partial charge on any atom is -0.334 e. The topological polar surface area (TPSA) is 54.0 Å². The van der Waals surface area contributed by atoms with Crippen LogP contribution < -0.4 is 10.6 Å². The summed E-state index contributed by atoms with van der Waals surface area (Å²) in [5, 5.41) is 9.48. The molecule has 0 saturated heterocycles. The van der Waals surface area contributed by atoms with E-state index >= 15 is 0 Å². The number of thiazole rings is 1. The minimum atomic E-state index is -0.275. The van der Waals surface area contributed by atoms with Crippen LogP contribution in [0.4, 0.5) is 4.79 Å². The lowest BCUT2D eigenvalue weighted by atomic mass is 10.2. The third kappa shape index (κ3) is 4.95.